The van der Waals surface area contributed by atoms with Crippen LogP contribution in [0.5, 0.6) is 5.88 Å². The Morgan fingerprint density at radius 1 is 1.27 bits per heavy atom. The van der Waals surface area contributed by atoms with E-state index >= 15 is 0 Å². The highest BCUT2D eigenvalue weighted by molar-refractivity contribution is 6.31. The van der Waals surface area contributed by atoms with Crippen molar-refractivity contribution in [1.29, 1.82) is 0 Å². The molecule has 0 atom stereocenters. The van der Waals surface area contributed by atoms with Crippen molar-refractivity contribution in [2.24, 2.45) is 0 Å². The fourth-order valence-corrected chi connectivity index (χ4v) is 2.66. The number of nitrogens with one attached hydrogen (secondary N) is 2. The normalized spacial score (nSPS) is 11.3. The minimum absolute atomic E-state index is 0.0328. The van der Waals surface area contributed by atoms with E-state index in [2.05, 4.69) is 20.5 Å². The molecule has 0 radical (unpaired) electrons. The zero-order valence-corrected chi connectivity index (χ0v) is 16.1. The summed E-state index contributed by atoms with van der Waals surface area (Å²) in [4.78, 5) is 18.0. The molecule has 12 heteroatoms. The molecule has 0 fully saturated rings. The van der Waals surface area contributed by atoms with Crippen molar-refractivity contribution in [3.05, 3.63) is 64.8 Å². The summed E-state index contributed by atoms with van der Waals surface area (Å²) in [7, 11) is 1.38. The monoisotopic (exact) mass is 443 g/mol. The van der Waals surface area contributed by atoms with E-state index in [0.29, 0.717) is 0 Å². The molecule has 0 spiro atoms. The number of alkyl halides is 3. The van der Waals surface area contributed by atoms with Gasteiger partial charge in [-0.3, -0.25) is 10.00 Å². The highest BCUT2D eigenvalue weighted by atomic mass is 35.5. The minimum Gasteiger partial charge on any atom is -0.481 e. The second kappa shape index (κ2) is 8.57. The number of halogens is 5. The standard InChI is InChI=1S/C18H14ClF4N5O2/c1-30-16-8-12(4-5-24-16)28(9-11-7-15(27-26-11)18(21,22)23)17(29)25-10-2-3-14(20)13(19)6-10/h2-8H,9H2,1H3,(H,25,29)(H,26,27). The summed E-state index contributed by atoms with van der Waals surface area (Å²) in [6.07, 6.45) is -3.26. The van der Waals surface area contributed by atoms with Crippen molar-refractivity contribution < 1.29 is 27.1 Å². The molecule has 0 aliphatic rings. The summed E-state index contributed by atoms with van der Waals surface area (Å²) in [6.45, 7) is -0.281. The van der Waals surface area contributed by atoms with Gasteiger partial charge in [0.05, 0.1) is 30.1 Å². The SMILES string of the molecule is COc1cc(N(Cc2cc(C(F)(F)F)n[nH]2)C(=O)Nc2ccc(F)c(Cl)c2)ccn1. The molecule has 2 aromatic heterocycles. The molecule has 1 aromatic carbocycles. The van der Waals surface area contributed by atoms with Crippen LogP contribution >= 0.6 is 11.6 Å². The summed E-state index contributed by atoms with van der Waals surface area (Å²) < 4.78 is 56.9. The van der Waals surface area contributed by atoms with E-state index in [1.165, 1.54) is 37.6 Å². The number of nitrogens with zero attached hydrogens (tertiary/aromatic N) is 3. The van der Waals surface area contributed by atoms with Crippen LogP contribution < -0.4 is 15.0 Å². The van der Waals surface area contributed by atoms with Gasteiger partial charge in [0.15, 0.2) is 5.69 Å². The molecule has 0 saturated carbocycles. The van der Waals surface area contributed by atoms with Gasteiger partial charge in [0, 0.05) is 18.0 Å². The first kappa shape index (κ1) is 21.4. The molecule has 158 valence electrons. The molecule has 3 rings (SSSR count). The van der Waals surface area contributed by atoms with E-state index < -0.39 is 23.7 Å². The molecular weight excluding hydrogens is 430 g/mol. The molecule has 0 bridgehead atoms. The average Bonchev–Trinajstić information content (AvgIpc) is 3.18. The largest absolute Gasteiger partial charge is 0.481 e. The van der Waals surface area contributed by atoms with Crippen molar-refractivity contribution in [3.8, 4) is 5.88 Å². The molecule has 3 aromatic rings. The number of urea groups is 1. The van der Waals surface area contributed by atoms with Gasteiger partial charge in [0.1, 0.15) is 5.82 Å². The first-order chi connectivity index (χ1) is 14.2. The van der Waals surface area contributed by atoms with E-state index in [1.54, 1.807) is 0 Å². The number of benzene rings is 1. The molecule has 30 heavy (non-hydrogen) atoms. The Bertz CT molecular complexity index is 1060. The Balaban J connectivity index is 1.91. The van der Waals surface area contributed by atoms with Crippen LogP contribution in [0.2, 0.25) is 5.02 Å². The molecule has 7 nitrogen and oxygen atoms in total. The number of carbonyl (C=O) groups is 1. The molecule has 2 amide bonds. The number of anilines is 2. The van der Waals surface area contributed by atoms with Gasteiger partial charge in [-0.25, -0.2) is 14.2 Å². The molecule has 0 aliphatic carbocycles. The first-order valence-corrected chi connectivity index (χ1v) is 8.70. The van der Waals surface area contributed by atoms with Crippen LogP contribution in [0.3, 0.4) is 0 Å². The number of ether oxygens (including phenoxy) is 1. The van der Waals surface area contributed by atoms with Crippen LogP contribution in [0.1, 0.15) is 11.4 Å². The lowest BCUT2D eigenvalue weighted by molar-refractivity contribution is -0.141. The van der Waals surface area contributed by atoms with Gasteiger partial charge in [-0.15, -0.1) is 0 Å². The third-order valence-electron chi connectivity index (χ3n) is 3.91. The summed E-state index contributed by atoms with van der Waals surface area (Å²) >= 11 is 5.72. The van der Waals surface area contributed by atoms with Crippen molar-refractivity contribution in [2.45, 2.75) is 12.7 Å². The van der Waals surface area contributed by atoms with Gasteiger partial charge < -0.3 is 10.1 Å². The number of H-pyrrole nitrogens is 1. The number of amides is 2. The lowest BCUT2D eigenvalue weighted by Gasteiger charge is -2.23. The van der Waals surface area contributed by atoms with Crippen molar-refractivity contribution in [3.63, 3.8) is 0 Å². The maximum Gasteiger partial charge on any atom is 0.435 e. The second-order valence-electron chi connectivity index (χ2n) is 5.98. The summed E-state index contributed by atoms with van der Waals surface area (Å²) in [5.74, 6) is -0.474. The summed E-state index contributed by atoms with van der Waals surface area (Å²) in [5, 5.41) is 7.82. The zero-order valence-electron chi connectivity index (χ0n) is 15.3. The third kappa shape index (κ3) is 4.98. The van der Waals surface area contributed by atoms with E-state index in [4.69, 9.17) is 16.3 Å². The van der Waals surface area contributed by atoms with E-state index in [9.17, 15) is 22.4 Å². The number of carbonyl (C=O) groups excluding carboxylic acids is 1. The van der Waals surface area contributed by atoms with Gasteiger partial charge in [0.2, 0.25) is 5.88 Å². The van der Waals surface area contributed by atoms with Gasteiger partial charge >= 0.3 is 12.2 Å². The lowest BCUT2D eigenvalue weighted by atomic mass is 10.3. The number of rotatable bonds is 5. The number of methoxy groups -OCH3 is 1. The molecule has 0 unspecified atom stereocenters. The lowest BCUT2D eigenvalue weighted by Crippen LogP contribution is -2.34. The van der Waals surface area contributed by atoms with E-state index in [-0.39, 0.29) is 34.5 Å². The Kier molecular flexibility index (Phi) is 6.11. The number of aromatic nitrogens is 3. The fraction of sp³-hybridized carbons (Fsp3) is 0.167. The fourth-order valence-electron chi connectivity index (χ4n) is 2.48. The maximum atomic E-state index is 13.4. The van der Waals surface area contributed by atoms with Crippen molar-refractivity contribution in [1.82, 2.24) is 15.2 Å². The van der Waals surface area contributed by atoms with Gasteiger partial charge in [-0.05, 0) is 30.3 Å². The molecule has 0 aliphatic heterocycles. The first-order valence-electron chi connectivity index (χ1n) is 8.32. The van der Waals surface area contributed by atoms with Crippen molar-refractivity contribution in [2.75, 3.05) is 17.3 Å². The Hall–Kier alpha value is -3.34. The topological polar surface area (TPSA) is 83.1 Å². The second-order valence-corrected chi connectivity index (χ2v) is 6.38. The quantitative estimate of drug-likeness (QED) is 0.551. The Morgan fingerprint density at radius 3 is 2.67 bits per heavy atom. The Labute approximate surface area is 172 Å². The van der Waals surface area contributed by atoms with Crippen LogP contribution in [0, 0.1) is 5.82 Å². The van der Waals surface area contributed by atoms with Crippen LogP contribution in [0.4, 0.5) is 33.7 Å². The smallest absolute Gasteiger partial charge is 0.435 e. The van der Waals surface area contributed by atoms with Crippen LogP contribution in [0.15, 0.2) is 42.6 Å². The van der Waals surface area contributed by atoms with Gasteiger partial charge in [0.25, 0.3) is 0 Å². The molecule has 0 saturated heterocycles. The maximum absolute atomic E-state index is 13.4. The zero-order chi connectivity index (χ0) is 21.9. The highest BCUT2D eigenvalue weighted by Gasteiger charge is 2.34. The molecule has 2 N–H and O–H groups in total. The Morgan fingerprint density at radius 2 is 2.03 bits per heavy atom. The summed E-state index contributed by atoms with van der Waals surface area (Å²) in [5.41, 5.74) is -0.602. The van der Waals surface area contributed by atoms with Crippen LogP contribution in [-0.4, -0.2) is 28.3 Å². The number of hydrogen-bond acceptors (Lipinski definition) is 4. The predicted molar refractivity (Wildman–Crippen MR) is 101 cm³/mol. The highest BCUT2D eigenvalue weighted by Crippen LogP contribution is 2.29. The average molecular weight is 444 g/mol. The van der Waals surface area contributed by atoms with Crippen molar-refractivity contribution >= 4 is 29.0 Å². The predicted octanol–water partition coefficient (Wildman–Crippen LogP) is 4.86. The van der Waals surface area contributed by atoms with Crippen LogP contribution in [0.25, 0.3) is 0 Å². The van der Waals surface area contributed by atoms with Gasteiger partial charge in [-0.1, -0.05) is 11.6 Å². The van der Waals surface area contributed by atoms with E-state index in [0.717, 1.165) is 17.0 Å². The van der Waals surface area contributed by atoms with E-state index in [1.807, 2.05) is 0 Å². The molecular formula is C18H14ClF4N5O2. The summed E-state index contributed by atoms with van der Waals surface area (Å²) in [6, 6.07) is 6.56. The van der Waals surface area contributed by atoms with Gasteiger partial charge in [-0.2, -0.15) is 18.3 Å². The molecule has 2 heterocycles. The van der Waals surface area contributed by atoms with Crippen LogP contribution in [-0.2, 0) is 12.7 Å². The number of pyridine rings is 1. The number of hydrogen-bond donors (Lipinski definition) is 2. The third-order valence-corrected chi connectivity index (χ3v) is 4.19. The number of aromatic amines is 1. The minimum atomic E-state index is -4.63.